The second kappa shape index (κ2) is 11.2. The Morgan fingerprint density at radius 2 is 1.76 bits per heavy atom. The Balaban J connectivity index is 1.32. The van der Waals surface area contributed by atoms with Gasteiger partial charge in [-0.25, -0.2) is 13.1 Å². The highest BCUT2D eigenvalue weighted by Crippen LogP contribution is 2.49. The van der Waals surface area contributed by atoms with E-state index < -0.39 is 10.0 Å². The van der Waals surface area contributed by atoms with Crippen LogP contribution in [0.5, 0.6) is 0 Å². The van der Waals surface area contributed by atoms with Crippen LogP contribution in [0.4, 0.5) is 5.69 Å². The zero-order chi connectivity index (χ0) is 28.6. The van der Waals surface area contributed by atoms with Crippen LogP contribution in [-0.4, -0.2) is 19.3 Å². The molecule has 210 valence electrons. The largest absolute Gasteiger partial charge is 0.306 e. The van der Waals surface area contributed by atoms with Crippen molar-refractivity contribution in [3.8, 4) is 0 Å². The van der Waals surface area contributed by atoms with Gasteiger partial charge in [-0.2, -0.15) is 0 Å². The number of hydrogen-bond donors (Lipinski definition) is 1. The summed E-state index contributed by atoms with van der Waals surface area (Å²) in [5, 5.41) is 0. The number of carbonyl (C=O) groups is 1. The van der Waals surface area contributed by atoms with Gasteiger partial charge in [-0.3, -0.25) is 9.78 Å². The van der Waals surface area contributed by atoms with Crippen molar-refractivity contribution in [1.29, 1.82) is 0 Å². The first-order valence-corrected chi connectivity index (χ1v) is 15.8. The van der Waals surface area contributed by atoms with E-state index in [0.717, 1.165) is 53.0 Å². The van der Waals surface area contributed by atoms with Crippen molar-refractivity contribution in [1.82, 2.24) is 9.71 Å². The fourth-order valence-corrected chi connectivity index (χ4v) is 7.35. The van der Waals surface area contributed by atoms with Crippen molar-refractivity contribution >= 4 is 21.6 Å². The number of amides is 1. The Morgan fingerprint density at radius 3 is 2.54 bits per heavy atom. The summed E-state index contributed by atoms with van der Waals surface area (Å²) < 4.78 is 29.7. The average molecular weight is 566 g/mol. The number of nitrogens with one attached hydrogen (secondary N) is 1. The van der Waals surface area contributed by atoms with E-state index >= 15 is 0 Å². The molecular weight excluding hydrogens is 530 g/mol. The average Bonchev–Trinajstić information content (AvgIpc) is 3.77. The fraction of sp³-hybridized carbons (Fsp3) is 0.294. The summed E-state index contributed by atoms with van der Waals surface area (Å²) in [6.45, 7) is 4.20. The van der Waals surface area contributed by atoms with Crippen molar-refractivity contribution in [3.63, 3.8) is 0 Å². The molecule has 4 aromatic rings. The van der Waals surface area contributed by atoms with Gasteiger partial charge in [-0.15, -0.1) is 0 Å². The summed E-state index contributed by atoms with van der Waals surface area (Å²) in [4.78, 5) is 20.9. The second-order valence-corrected chi connectivity index (χ2v) is 13.0. The van der Waals surface area contributed by atoms with Crippen LogP contribution in [0.3, 0.4) is 0 Å². The molecule has 6 rings (SSSR count). The zero-order valence-corrected chi connectivity index (χ0v) is 24.3. The van der Waals surface area contributed by atoms with Crippen LogP contribution in [0, 0.1) is 19.8 Å². The third-order valence-electron chi connectivity index (χ3n) is 8.22. The third-order valence-corrected chi connectivity index (χ3v) is 9.69. The first-order chi connectivity index (χ1) is 19.8. The van der Waals surface area contributed by atoms with Crippen LogP contribution in [-0.2, 0) is 27.8 Å². The van der Waals surface area contributed by atoms with Crippen molar-refractivity contribution in [2.45, 2.75) is 62.9 Å². The van der Waals surface area contributed by atoms with Crippen molar-refractivity contribution < 1.29 is 13.2 Å². The lowest BCUT2D eigenvalue weighted by molar-refractivity contribution is -0.120. The molecule has 0 radical (unpaired) electrons. The maximum atomic E-state index is 14.1. The maximum Gasteiger partial charge on any atom is 0.241 e. The molecule has 3 atom stereocenters. The smallest absolute Gasteiger partial charge is 0.241 e. The van der Waals surface area contributed by atoms with Gasteiger partial charge in [0.1, 0.15) is 0 Å². The van der Waals surface area contributed by atoms with E-state index in [1.165, 1.54) is 5.56 Å². The Morgan fingerprint density at radius 1 is 0.951 bits per heavy atom. The van der Waals surface area contributed by atoms with E-state index in [4.69, 9.17) is 0 Å². The molecule has 0 saturated heterocycles. The number of anilines is 1. The lowest BCUT2D eigenvalue weighted by Crippen LogP contribution is -2.34. The van der Waals surface area contributed by atoms with Crippen LogP contribution in [0.25, 0.3) is 0 Å². The van der Waals surface area contributed by atoms with Crippen LogP contribution < -0.4 is 9.62 Å². The molecule has 0 spiro atoms. The summed E-state index contributed by atoms with van der Waals surface area (Å²) >= 11 is 0. The van der Waals surface area contributed by atoms with Crippen molar-refractivity contribution in [3.05, 3.63) is 125 Å². The van der Waals surface area contributed by atoms with Crippen LogP contribution in [0.15, 0.2) is 95.9 Å². The van der Waals surface area contributed by atoms with Gasteiger partial charge in [0.15, 0.2) is 0 Å². The van der Waals surface area contributed by atoms with Crippen LogP contribution in [0.2, 0.25) is 0 Å². The van der Waals surface area contributed by atoms with E-state index in [2.05, 4.69) is 27.9 Å². The van der Waals surface area contributed by atoms with Gasteiger partial charge in [-0.1, -0.05) is 54.6 Å². The number of nitrogens with zero attached hydrogens (tertiary/aromatic N) is 2. The van der Waals surface area contributed by atoms with Gasteiger partial charge < -0.3 is 4.90 Å². The van der Waals surface area contributed by atoms with Gasteiger partial charge in [0.05, 0.1) is 17.1 Å². The number of aromatic nitrogens is 1. The monoisotopic (exact) mass is 565 g/mol. The first kappa shape index (κ1) is 27.4. The summed E-state index contributed by atoms with van der Waals surface area (Å²) in [6.07, 6.45) is 3.30. The van der Waals surface area contributed by atoms with E-state index in [-0.39, 0.29) is 28.7 Å². The predicted molar refractivity (Wildman–Crippen MR) is 161 cm³/mol. The Kier molecular flexibility index (Phi) is 7.49. The number of benzene rings is 3. The molecule has 2 aliphatic carbocycles. The number of hydrogen-bond acceptors (Lipinski definition) is 4. The first-order valence-electron chi connectivity index (χ1n) is 14.3. The molecule has 1 aromatic heterocycles. The lowest BCUT2D eigenvalue weighted by Gasteiger charge is -2.29. The van der Waals surface area contributed by atoms with Gasteiger partial charge in [-0.05, 0) is 104 Å². The van der Waals surface area contributed by atoms with Gasteiger partial charge in [0.2, 0.25) is 15.9 Å². The molecule has 1 saturated carbocycles. The molecule has 0 aliphatic heterocycles. The summed E-state index contributed by atoms with van der Waals surface area (Å²) in [5.74, 6) is 0.201. The highest BCUT2D eigenvalue weighted by molar-refractivity contribution is 7.89. The Hall–Kier alpha value is -3.81. The van der Waals surface area contributed by atoms with E-state index in [9.17, 15) is 13.2 Å². The zero-order valence-electron chi connectivity index (χ0n) is 23.5. The molecule has 41 heavy (non-hydrogen) atoms. The van der Waals surface area contributed by atoms with E-state index in [1.807, 2.05) is 73.3 Å². The van der Waals surface area contributed by atoms with Gasteiger partial charge >= 0.3 is 0 Å². The molecule has 0 unspecified atom stereocenters. The molecule has 1 N–H and O–H groups in total. The molecule has 6 nitrogen and oxygen atoms in total. The SMILES string of the molecule is Cc1cccc(S(=O)(=O)N[C@H]2CCCc3ccc(N(Cc4cccc(C)n4)C(=O)[C@H]4C[C@H]4c4ccccc4)cc32)c1. The molecule has 1 amide bonds. The minimum atomic E-state index is -3.71. The number of fused-ring (bicyclic) bond motifs is 1. The topological polar surface area (TPSA) is 79.4 Å². The fourth-order valence-electron chi connectivity index (χ4n) is 6.00. The molecule has 0 bridgehead atoms. The third kappa shape index (κ3) is 5.97. The molecule has 2 aliphatic rings. The van der Waals surface area contributed by atoms with E-state index in [0.29, 0.717) is 13.0 Å². The number of rotatable bonds is 8. The molecule has 1 fully saturated rings. The predicted octanol–water partition coefficient (Wildman–Crippen LogP) is 6.39. The highest BCUT2D eigenvalue weighted by Gasteiger charge is 2.46. The van der Waals surface area contributed by atoms with Gasteiger partial charge in [0, 0.05) is 23.3 Å². The van der Waals surface area contributed by atoms with Crippen LogP contribution in [0.1, 0.15) is 64.9 Å². The normalized spacial score (nSPS) is 19.8. The van der Waals surface area contributed by atoms with Crippen molar-refractivity contribution in [2.24, 2.45) is 5.92 Å². The molecule has 1 heterocycles. The maximum absolute atomic E-state index is 14.1. The highest BCUT2D eigenvalue weighted by atomic mass is 32.2. The number of aryl methyl sites for hydroxylation is 3. The summed E-state index contributed by atoms with van der Waals surface area (Å²) in [5.41, 5.74) is 6.64. The number of pyridine rings is 1. The lowest BCUT2D eigenvalue weighted by atomic mass is 9.87. The second-order valence-electron chi connectivity index (χ2n) is 11.3. The molecule has 7 heteroatoms. The minimum absolute atomic E-state index is 0.0785. The van der Waals surface area contributed by atoms with Crippen molar-refractivity contribution in [2.75, 3.05) is 4.90 Å². The molecular formula is C34H35N3O3S. The van der Waals surface area contributed by atoms with Gasteiger partial charge in [0.25, 0.3) is 0 Å². The number of sulfonamides is 1. The summed E-state index contributed by atoms with van der Waals surface area (Å²) in [7, 11) is -3.71. The Bertz CT molecular complexity index is 1690. The standard InChI is InChI=1S/C34H35N3O3S/c1-23-9-6-15-29(19-23)41(39,40)36-33-16-8-13-26-17-18-28(20-31(26)33)37(22-27-14-7-10-24(2)35-27)34(38)32-21-30(32)25-11-4-3-5-12-25/h3-7,9-12,14-15,17-20,30,32-33,36H,8,13,16,21-22H2,1-2H3/t30-,32-,33-/m0/s1. The molecule has 3 aromatic carbocycles. The van der Waals surface area contributed by atoms with Crippen LogP contribution >= 0.6 is 0 Å². The van der Waals surface area contributed by atoms with E-state index in [1.54, 1.807) is 18.2 Å². The Labute approximate surface area is 242 Å². The summed E-state index contributed by atoms with van der Waals surface area (Å²) in [6, 6.07) is 28.8. The number of carbonyl (C=O) groups excluding carboxylic acids is 1. The minimum Gasteiger partial charge on any atom is -0.306 e. The quantitative estimate of drug-likeness (QED) is 0.268.